The highest BCUT2D eigenvalue weighted by atomic mass is 32.2. The van der Waals surface area contributed by atoms with Crippen molar-refractivity contribution in [2.75, 3.05) is 6.61 Å². The number of amides is 2. The molecule has 0 unspecified atom stereocenters. The van der Waals surface area contributed by atoms with E-state index in [-0.39, 0.29) is 18.6 Å². The number of nitrogens with two attached hydrogens (primary N) is 1. The summed E-state index contributed by atoms with van der Waals surface area (Å²) in [6.07, 6.45) is 13.7. The SMILES string of the molecule is NC(=O)COc1ccc(/C=C2\SC(=NC3CCCCC3)N(C3CCCCC3)C2=O)cc1. The van der Waals surface area contributed by atoms with Gasteiger partial charge in [-0.1, -0.05) is 50.7 Å². The molecule has 166 valence electrons. The van der Waals surface area contributed by atoms with Gasteiger partial charge in [-0.15, -0.1) is 0 Å². The van der Waals surface area contributed by atoms with E-state index in [9.17, 15) is 9.59 Å². The van der Waals surface area contributed by atoms with Crippen LogP contribution >= 0.6 is 11.8 Å². The van der Waals surface area contributed by atoms with Gasteiger partial charge in [-0.3, -0.25) is 19.5 Å². The molecule has 1 heterocycles. The minimum atomic E-state index is -0.508. The van der Waals surface area contributed by atoms with Gasteiger partial charge in [0.05, 0.1) is 10.9 Å². The van der Waals surface area contributed by atoms with Crippen molar-refractivity contribution in [3.05, 3.63) is 34.7 Å². The highest BCUT2D eigenvalue weighted by Gasteiger charge is 2.39. The maximum Gasteiger partial charge on any atom is 0.266 e. The van der Waals surface area contributed by atoms with Gasteiger partial charge >= 0.3 is 0 Å². The molecule has 0 aromatic heterocycles. The second-order valence-electron chi connectivity index (χ2n) is 8.61. The topological polar surface area (TPSA) is 85.0 Å². The van der Waals surface area contributed by atoms with Gasteiger partial charge < -0.3 is 10.5 Å². The highest BCUT2D eigenvalue weighted by molar-refractivity contribution is 8.18. The number of ether oxygens (including phenoxy) is 1. The van der Waals surface area contributed by atoms with Crippen molar-refractivity contribution in [1.29, 1.82) is 0 Å². The van der Waals surface area contributed by atoms with E-state index in [1.165, 1.54) is 50.3 Å². The Morgan fingerprint density at radius 2 is 1.71 bits per heavy atom. The summed E-state index contributed by atoms with van der Waals surface area (Å²) in [6, 6.07) is 7.96. The number of rotatable bonds is 6. The van der Waals surface area contributed by atoms with Crippen molar-refractivity contribution in [3.63, 3.8) is 0 Å². The molecule has 2 amide bonds. The van der Waals surface area contributed by atoms with Crippen LogP contribution in [-0.2, 0) is 9.59 Å². The summed E-state index contributed by atoms with van der Waals surface area (Å²) in [6.45, 7) is -0.147. The molecule has 2 aliphatic carbocycles. The van der Waals surface area contributed by atoms with Crippen LogP contribution < -0.4 is 10.5 Å². The minimum Gasteiger partial charge on any atom is -0.484 e. The Kier molecular flexibility index (Phi) is 7.33. The quantitative estimate of drug-likeness (QED) is 0.659. The molecule has 1 aliphatic heterocycles. The molecule has 4 rings (SSSR count). The van der Waals surface area contributed by atoms with Crippen molar-refractivity contribution in [3.8, 4) is 5.75 Å². The number of amidine groups is 1. The van der Waals surface area contributed by atoms with Gasteiger partial charge in [0.15, 0.2) is 11.8 Å². The second-order valence-corrected chi connectivity index (χ2v) is 9.61. The van der Waals surface area contributed by atoms with Gasteiger partial charge in [0.25, 0.3) is 11.8 Å². The van der Waals surface area contributed by atoms with Gasteiger partial charge in [-0.2, -0.15) is 0 Å². The monoisotopic (exact) mass is 441 g/mol. The van der Waals surface area contributed by atoms with Crippen LogP contribution in [0.15, 0.2) is 34.2 Å². The van der Waals surface area contributed by atoms with E-state index in [0.29, 0.717) is 11.8 Å². The fraction of sp³-hybridized carbons (Fsp3) is 0.542. The molecule has 7 heteroatoms. The Hall–Kier alpha value is -2.28. The van der Waals surface area contributed by atoms with Crippen LogP contribution in [0.2, 0.25) is 0 Å². The largest absolute Gasteiger partial charge is 0.484 e. The van der Waals surface area contributed by atoms with Crippen molar-refractivity contribution in [1.82, 2.24) is 4.90 Å². The van der Waals surface area contributed by atoms with E-state index >= 15 is 0 Å². The van der Waals surface area contributed by atoms with Gasteiger partial charge in [0.1, 0.15) is 5.75 Å². The predicted octanol–water partition coefficient (Wildman–Crippen LogP) is 4.49. The molecule has 0 spiro atoms. The molecule has 2 saturated carbocycles. The predicted molar refractivity (Wildman–Crippen MR) is 125 cm³/mol. The average Bonchev–Trinajstić information content (AvgIpc) is 3.09. The number of benzene rings is 1. The zero-order valence-corrected chi connectivity index (χ0v) is 18.7. The lowest BCUT2D eigenvalue weighted by Crippen LogP contribution is -2.41. The summed E-state index contributed by atoms with van der Waals surface area (Å²) >= 11 is 1.52. The number of nitrogens with zero attached hydrogens (tertiary/aromatic N) is 2. The van der Waals surface area contributed by atoms with Crippen LogP contribution in [0.25, 0.3) is 6.08 Å². The number of aliphatic imine (C=N–C) groups is 1. The fourth-order valence-electron chi connectivity index (χ4n) is 4.57. The Bertz CT molecular complexity index is 853. The van der Waals surface area contributed by atoms with E-state index in [4.69, 9.17) is 15.5 Å². The van der Waals surface area contributed by atoms with Crippen molar-refractivity contribution in [2.24, 2.45) is 10.7 Å². The molecule has 3 aliphatic rings. The Balaban J connectivity index is 1.54. The molecule has 0 bridgehead atoms. The van der Waals surface area contributed by atoms with E-state index < -0.39 is 5.91 Å². The number of carbonyl (C=O) groups is 2. The molecule has 3 fully saturated rings. The molecule has 2 N–H and O–H groups in total. The molecule has 0 atom stereocenters. The van der Waals surface area contributed by atoms with Gasteiger partial charge in [-0.05, 0) is 61.2 Å². The van der Waals surface area contributed by atoms with E-state index in [0.717, 1.165) is 41.3 Å². The smallest absolute Gasteiger partial charge is 0.266 e. The van der Waals surface area contributed by atoms with Crippen molar-refractivity contribution in [2.45, 2.75) is 76.3 Å². The molecular weight excluding hydrogens is 410 g/mol. The Morgan fingerprint density at radius 3 is 2.35 bits per heavy atom. The minimum absolute atomic E-state index is 0.0838. The first-order valence-corrected chi connectivity index (χ1v) is 12.2. The van der Waals surface area contributed by atoms with E-state index in [2.05, 4.69) is 0 Å². The number of hydrogen-bond donors (Lipinski definition) is 1. The lowest BCUT2D eigenvalue weighted by atomic mass is 9.94. The third kappa shape index (κ3) is 5.70. The standard InChI is InChI=1S/C24H31N3O3S/c25-22(28)16-30-20-13-11-17(12-14-20)15-21-23(29)27(19-9-5-2-6-10-19)24(31-21)26-18-7-3-1-4-8-18/h11-15,18-19H,1-10,16H2,(H2,25,28)/b21-15-,26-24?. The zero-order chi connectivity index (χ0) is 21.6. The highest BCUT2D eigenvalue weighted by Crippen LogP contribution is 2.38. The summed E-state index contributed by atoms with van der Waals surface area (Å²) in [5.74, 6) is 0.155. The first-order chi connectivity index (χ1) is 15.1. The number of thioether (sulfide) groups is 1. The summed E-state index contributed by atoms with van der Waals surface area (Å²) in [4.78, 5) is 32.0. The van der Waals surface area contributed by atoms with Crippen LogP contribution in [0.3, 0.4) is 0 Å². The molecule has 1 aromatic carbocycles. The lowest BCUT2D eigenvalue weighted by Gasteiger charge is -2.31. The maximum atomic E-state index is 13.4. The summed E-state index contributed by atoms with van der Waals surface area (Å²) in [7, 11) is 0. The number of carbonyl (C=O) groups excluding carboxylic acids is 2. The third-order valence-corrected chi connectivity index (χ3v) is 7.20. The molecule has 1 saturated heterocycles. The van der Waals surface area contributed by atoms with Gasteiger partial charge in [0, 0.05) is 6.04 Å². The van der Waals surface area contributed by atoms with Crippen LogP contribution in [0.5, 0.6) is 5.75 Å². The average molecular weight is 442 g/mol. The maximum absolute atomic E-state index is 13.4. The Morgan fingerprint density at radius 1 is 1.06 bits per heavy atom. The number of hydrogen-bond acceptors (Lipinski definition) is 5. The number of primary amides is 1. The van der Waals surface area contributed by atoms with Gasteiger partial charge in [-0.25, -0.2) is 0 Å². The molecule has 0 radical (unpaired) electrons. The summed E-state index contributed by atoms with van der Waals surface area (Å²) in [5, 5.41) is 0.900. The van der Waals surface area contributed by atoms with Gasteiger partial charge in [0.2, 0.25) is 0 Å². The fourth-order valence-corrected chi connectivity index (χ4v) is 5.68. The van der Waals surface area contributed by atoms with E-state index in [1.807, 2.05) is 23.1 Å². The summed E-state index contributed by atoms with van der Waals surface area (Å²) < 4.78 is 5.32. The zero-order valence-electron chi connectivity index (χ0n) is 17.9. The van der Waals surface area contributed by atoms with Crippen molar-refractivity contribution >= 4 is 34.8 Å². The molecular formula is C24H31N3O3S. The third-order valence-electron chi connectivity index (χ3n) is 6.20. The molecule has 1 aromatic rings. The lowest BCUT2D eigenvalue weighted by molar-refractivity contribution is -0.124. The molecule has 6 nitrogen and oxygen atoms in total. The van der Waals surface area contributed by atoms with Crippen LogP contribution in [0.1, 0.15) is 69.8 Å². The Labute approximate surface area is 188 Å². The van der Waals surface area contributed by atoms with Crippen LogP contribution in [0.4, 0.5) is 0 Å². The molecule has 31 heavy (non-hydrogen) atoms. The summed E-state index contributed by atoms with van der Waals surface area (Å²) in [5.41, 5.74) is 6.04. The first-order valence-electron chi connectivity index (χ1n) is 11.4. The van der Waals surface area contributed by atoms with E-state index in [1.54, 1.807) is 12.1 Å². The van der Waals surface area contributed by atoms with Crippen LogP contribution in [-0.4, -0.2) is 40.6 Å². The second kappa shape index (κ2) is 10.4. The first kappa shape index (κ1) is 21.9. The van der Waals surface area contributed by atoms with Crippen molar-refractivity contribution < 1.29 is 14.3 Å². The normalized spacial score (nSPS) is 23.6. The van der Waals surface area contributed by atoms with Crippen LogP contribution in [0, 0.1) is 0 Å².